The molecule has 1 aliphatic carbocycles. The van der Waals surface area contributed by atoms with E-state index in [-0.39, 0.29) is 5.60 Å². The maximum Gasteiger partial charge on any atom is 0.115 e. The van der Waals surface area contributed by atoms with Crippen LogP contribution in [0.2, 0.25) is 0 Å². The van der Waals surface area contributed by atoms with Crippen molar-refractivity contribution >= 4 is 23.2 Å². The summed E-state index contributed by atoms with van der Waals surface area (Å²) >= 11 is 11.1. The van der Waals surface area contributed by atoms with Gasteiger partial charge in [-0.2, -0.15) is 0 Å². The summed E-state index contributed by atoms with van der Waals surface area (Å²) in [6.07, 6.45) is 0.428. The molecule has 1 saturated carbocycles. The van der Waals surface area contributed by atoms with Gasteiger partial charge in [0, 0.05) is 11.8 Å². The molecule has 1 heterocycles. The van der Waals surface area contributed by atoms with E-state index in [1.165, 1.54) is 0 Å². The Morgan fingerprint density at radius 3 is 2.38 bits per heavy atom. The quantitative estimate of drug-likeness (QED) is 0.429. The summed E-state index contributed by atoms with van der Waals surface area (Å²) in [7, 11) is 0. The molecule has 0 amide bonds. The number of epoxide rings is 1. The van der Waals surface area contributed by atoms with Gasteiger partial charge < -0.3 is 4.74 Å². The van der Waals surface area contributed by atoms with Crippen LogP contribution in [0.15, 0.2) is 0 Å². The number of rotatable bonds is 2. The second kappa shape index (κ2) is 1.34. The number of hydrogen-bond acceptors (Lipinski definition) is 1. The van der Waals surface area contributed by atoms with Gasteiger partial charge in [0.15, 0.2) is 0 Å². The summed E-state index contributed by atoms with van der Waals surface area (Å²) in [5, 5.41) is 0. The zero-order chi connectivity index (χ0) is 5.78. The number of hydrogen-bond donors (Lipinski definition) is 0. The fraction of sp³-hybridized carbons (Fsp3) is 1.00. The molecule has 0 bridgehead atoms. The summed E-state index contributed by atoms with van der Waals surface area (Å²) in [6, 6.07) is 0. The predicted octanol–water partition coefficient (Wildman–Crippen LogP) is 1.23. The molecule has 46 valence electrons. The van der Waals surface area contributed by atoms with Crippen molar-refractivity contribution in [3.63, 3.8) is 0 Å². The molecule has 2 rings (SSSR count). The molecule has 8 heavy (non-hydrogen) atoms. The molecule has 0 aromatic rings. The van der Waals surface area contributed by atoms with Crippen molar-refractivity contribution in [1.29, 1.82) is 0 Å². The van der Waals surface area contributed by atoms with Crippen LogP contribution in [0.5, 0.6) is 0 Å². The first-order chi connectivity index (χ1) is 3.85. The minimum atomic E-state index is 0.0588. The molecule has 0 spiro atoms. The Balaban J connectivity index is 1.97. The fourth-order valence-corrected chi connectivity index (χ4v) is 2.01. The zero-order valence-corrected chi connectivity index (χ0v) is 5.74. The van der Waals surface area contributed by atoms with E-state index in [0.29, 0.717) is 23.8 Å². The first-order valence-electron chi connectivity index (χ1n) is 2.65. The Kier molecular flexibility index (Phi) is 0.891. The number of ether oxygens (including phenoxy) is 1. The van der Waals surface area contributed by atoms with Crippen LogP contribution in [0.4, 0.5) is 0 Å². The smallest absolute Gasteiger partial charge is 0.115 e. The van der Waals surface area contributed by atoms with Crippen LogP contribution in [-0.2, 0) is 4.74 Å². The van der Waals surface area contributed by atoms with Gasteiger partial charge in [-0.05, 0) is 0 Å². The highest BCUT2D eigenvalue weighted by molar-refractivity contribution is 6.20. The van der Waals surface area contributed by atoms with Crippen LogP contribution in [0.1, 0.15) is 0 Å². The van der Waals surface area contributed by atoms with Crippen LogP contribution in [0, 0.1) is 5.92 Å². The van der Waals surface area contributed by atoms with Crippen LogP contribution in [0.3, 0.4) is 0 Å². The Hall–Kier alpha value is 0.540. The third-order valence-electron chi connectivity index (χ3n) is 2.03. The molecule has 1 nitrogen and oxygen atoms in total. The largest absolute Gasteiger partial charge is 0.364 e. The van der Waals surface area contributed by atoms with E-state index in [4.69, 9.17) is 27.9 Å². The van der Waals surface area contributed by atoms with Gasteiger partial charge in [0.2, 0.25) is 0 Å². The highest BCUT2D eigenvalue weighted by atomic mass is 35.5. The molecule has 2 aliphatic rings. The van der Waals surface area contributed by atoms with Crippen molar-refractivity contribution in [3.8, 4) is 0 Å². The van der Waals surface area contributed by atoms with Crippen molar-refractivity contribution < 1.29 is 4.74 Å². The first kappa shape index (κ1) is 5.33. The van der Waals surface area contributed by atoms with Crippen molar-refractivity contribution in [2.45, 2.75) is 11.7 Å². The monoisotopic (exact) mass is 152 g/mol. The third-order valence-corrected chi connectivity index (χ3v) is 2.78. The molecule has 0 aromatic carbocycles. The normalized spacial score (nSPS) is 57.8. The Morgan fingerprint density at radius 1 is 1.50 bits per heavy atom. The van der Waals surface area contributed by atoms with E-state index in [0.717, 1.165) is 0 Å². The van der Waals surface area contributed by atoms with Gasteiger partial charge >= 0.3 is 0 Å². The highest BCUT2D eigenvalue weighted by Gasteiger charge is 2.81. The van der Waals surface area contributed by atoms with Gasteiger partial charge in [-0.25, -0.2) is 0 Å². The molecule has 2 fully saturated rings. The van der Waals surface area contributed by atoms with Gasteiger partial charge in [-0.15, -0.1) is 23.2 Å². The molecule has 0 aromatic heterocycles. The standard InChI is InChI=1S/C5H6Cl2O/c6-1-3-4-5(3,2-7)8-4/h3-4H,1-2H2/t3-,4?,5?/m0/s1. The van der Waals surface area contributed by atoms with Crippen LogP contribution in [0.25, 0.3) is 0 Å². The van der Waals surface area contributed by atoms with E-state index in [2.05, 4.69) is 0 Å². The Morgan fingerprint density at radius 2 is 2.25 bits per heavy atom. The molecule has 3 heteroatoms. The highest BCUT2D eigenvalue weighted by Crippen LogP contribution is 2.66. The second-order valence-electron chi connectivity index (χ2n) is 2.39. The van der Waals surface area contributed by atoms with E-state index in [1.54, 1.807) is 0 Å². The number of alkyl halides is 2. The average molecular weight is 153 g/mol. The van der Waals surface area contributed by atoms with Crippen molar-refractivity contribution in [2.24, 2.45) is 5.92 Å². The summed E-state index contributed by atoms with van der Waals surface area (Å²) in [5.74, 6) is 1.90. The Bertz CT molecular complexity index is 128. The van der Waals surface area contributed by atoms with Gasteiger partial charge in [0.05, 0.1) is 12.0 Å². The Labute approximate surface area is 57.9 Å². The van der Waals surface area contributed by atoms with Crippen LogP contribution >= 0.6 is 23.2 Å². The molecule has 1 aliphatic heterocycles. The molecule has 2 unspecified atom stereocenters. The maximum atomic E-state index is 5.57. The molecule has 3 atom stereocenters. The lowest BCUT2D eigenvalue weighted by atomic mass is 10.3. The van der Waals surface area contributed by atoms with Crippen LogP contribution < -0.4 is 0 Å². The lowest BCUT2D eigenvalue weighted by molar-refractivity contribution is 0.183. The SMILES string of the molecule is ClC[C@H]1C2OC21CCl. The van der Waals surface area contributed by atoms with E-state index < -0.39 is 0 Å². The molecule has 0 radical (unpaired) electrons. The van der Waals surface area contributed by atoms with Gasteiger partial charge in [0.25, 0.3) is 0 Å². The third kappa shape index (κ3) is 0.395. The van der Waals surface area contributed by atoms with Crippen molar-refractivity contribution in [2.75, 3.05) is 11.8 Å². The second-order valence-corrected chi connectivity index (χ2v) is 2.96. The van der Waals surface area contributed by atoms with Crippen molar-refractivity contribution in [1.82, 2.24) is 0 Å². The van der Waals surface area contributed by atoms with Crippen molar-refractivity contribution in [3.05, 3.63) is 0 Å². The van der Waals surface area contributed by atoms with E-state index in [1.807, 2.05) is 0 Å². The van der Waals surface area contributed by atoms with Gasteiger partial charge in [-0.1, -0.05) is 0 Å². The predicted molar refractivity (Wildman–Crippen MR) is 32.5 cm³/mol. The van der Waals surface area contributed by atoms with Gasteiger partial charge in [-0.3, -0.25) is 0 Å². The summed E-state index contributed by atoms with van der Waals surface area (Å²) in [5.41, 5.74) is 0.0588. The van der Waals surface area contributed by atoms with Crippen LogP contribution in [-0.4, -0.2) is 23.5 Å². The lowest BCUT2D eigenvalue weighted by Crippen LogP contribution is -2.09. The zero-order valence-electron chi connectivity index (χ0n) is 4.23. The topological polar surface area (TPSA) is 12.5 Å². The summed E-state index contributed by atoms with van der Waals surface area (Å²) in [4.78, 5) is 0. The van der Waals surface area contributed by atoms with Gasteiger partial charge in [0.1, 0.15) is 5.60 Å². The molecular weight excluding hydrogens is 147 g/mol. The number of fused-ring (bicyclic) bond motifs is 1. The number of halogens is 2. The summed E-state index contributed by atoms with van der Waals surface area (Å²) < 4.78 is 5.13. The lowest BCUT2D eigenvalue weighted by Gasteiger charge is -2.01. The average Bonchev–Trinajstić information content (AvgIpc) is 2.51. The minimum Gasteiger partial charge on any atom is -0.364 e. The molecule has 0 N–H and O–H groups in total. The summed E-state index contributed by atoms with van der Waals surface area (Å²) in [6.45, 7) is 0. The van der Waals surface area contributed by atoms with E-state index in [9.17, 15) is 0 Å². The minimum absolute atomic E-state index is 0.0588. The van der Waals surface area contributed by atoms with E-state index >= 15 is 0 Å². The maximum absolute atomic E-state index is 5.57. The molecule has 1 saturated heterocycles. The first-order valence-corrected chi connectivity index (χ1v) is 3.72. The fourth-order valence-electron chi connectivity index (χ4n) is 1.17. The molecular formula is C5H6Cl2O.